The highest BCUT2D eigenvalue weighted by Crippen LogP contribution is 2.24. The number of hydrogen-bond donors (Lipinski definition) is 2. The van der Waals surface area contributed by atoms with E-state index in [1.165, 1.54) is 32.1 Å². The molecule has 0 radical (unpaired) electrons. The van der Waals surface area contributed by atoms with Crippen molar-refractivity contribution in [1.29, 1.82) is 0 Å². The van der Waals surface area contributed by atoms with E-state index < -0.39 is 0 Å². The third-order valence-corrected chi connectivity index (χ3v) is 4.05. The van der Waals surface area contributed by atoms with Gasteiger partial charge in [-0.2, -0.15) is 0 Å². The summed E-state index contributed by atoms with van der Waals surface area (Å²) in [5, 5.41) is 13.7. The van der Waals surface area contributed by atoms with Gasteiger partial charge in [-0.15, -0.1) is 0 Å². The van der Waals surface area contributed by atoms with Gasteiger partial charge in [-0.3, -0.25) is 0 Å². The lowest BCUT2D eigenvalue weighted by Crippen LogP contribution is -2.40. The van der Waals surface area contributed by atoms with Crippen molar-refractivity contribution in [3.05, 3.63) is 0 Å². The molecule has 1 aliphatic carbocycles. The summed E-state index contributed by atoms with van der Waals surface area (Å²) < 4.78 is 0. The van der Waals surface area contributed by atoms with Crippen LogP contribution in [0.2, 0.25) is 0 Å². The predicted molar refractivity (Wildman–Crippen MR) is 78.7 cm³/mol. The van der Waals surface area contributed by atoms with Gasteiger partial charge in [-0.1, -0.05) is 40.5 Å². The van der Waals surface area contributed by atoms with Crippen LogP contribution in [0.1, 0.15) is 66.2 Å². The minimum atomic E-state index is -0.0648. The van der Waals surface area contributed by atoms with Gasteiger partial charge in [0.05, 0.1) is 6.10 Å². The molecule has 2 atom stereocenters. The quantitative estimate of drug-likeness (QED) is 0.728. The maximum atomic E-state index is 10.0. The molecule has 2 nitrogen and oxygen atoms in total. The average molecular weight is 255 g/mol. The third-order valence-electron chi connectivity index (χ3n) is 4.05. The molecule has 0 spiro atoms. The summed E-state index contributed by atoms with van der Waals surface area (Å²) in [7, 11) is 0. The topological polar surface area (TPSA) is 32.3 Å². The molecular formula is C16H33NO. The number of hydrogen-bond acceptors (Lipinski definition) is 2. The van der Waals surface area contributed by atoms with E-state index in [4.69, 9.17) is 0 Å². The van der Waals surface area contributed by atoms with Crippen molar-refractivity contribution >= 4 is 0 Å². The Labute approximate surface area is 114 Å². The Morgan fingerprint density at radius 2 is 1.56 bits per heavy atom. The molecule has 1 aliphatic rings. The fourth-order valence-electron chi connectivity index (χ4n) is 3.15. The van der Waals surface area contributed by atoms with Crippen molar-refractivity contribution in [2.24, 2.45) is 17.8 Å². The summed E-state index contributed by atoms with van der Waals surface area (Å²) in [4.78, 5) is 0. The number of rotatable bonds is 7. The van der Waals surface area contributed by atoms with E-state index in [9.17, 15) is 5.11 Å². The monoisotopic (exact) mass is 255 g/mol. The maximum Gasteiger partial charge on any atom is 0.0580 e. The Morgan fingerprint density at radius 3 is 2.06 bits per heavy atom. The van der Waals surface area contributed by atoms with Crippen LogP contribution in [0.4, 0.5) is 0 Å². The molecule has 0 aromatic carbocycles. The second-order valence-corrected chi connectivity index (χ2v) is 6.98. The van der Waals surface area contributed by atoms with Crippen LogP contribution in [0.25, 0.3) is 0 Å². The van der Waals surface area contributed by atoms with E-state index in [2.05, 4.69) is 33.0 Å². The summed E-state index contributed by atoms with van der Waals surface area (Å²) in [5.74, 6) is 1.98. The lowest BCUT2D eigenvalue weighted by atomic mass is 9.86. The fraction of sp³-hybridized carbons (Fsp3) is 1.00. The van der Waals surface area contributed by atoms with Gasteiger partial charge in [0, 0.05) is 12.6 Å². The first-order chi connectivity index (χ1) is 8.49. The fourth-order valence-corrected chi connectivity index (χ4v) is 3.15. The molecule has 1 rings (SSSR count). The Bertz CT molecular complexity index is 205. The number of nitrogens with one attached hydrogen (secondary N) is 1. The van der Waals surface area contributed by atoms with E-state index in [1.54, 1.807) is 0 Å². The smallest absolute Gasteiger partial charge is 0.0580 e. The van der Waals surface area contributed by atoms with E-state index in [1.807, 2.05) is 0 Å². The zero-order valence-electron chi connectivity index (χ0n) is 12.8. The summed E-state index contributed by atoms with van der Waals surface area (Å²) in [5.41, 5.74) is 0. The normalized spacial score (nSPS) is 25.3. The lowest BCUT2D eigenvalue weighted by molar-refractivity contribution is 0.0672. The van der Waals surface area contributed by atoms with Gasteiger partial charge in [0.25, 0.3) is 0 Å². The Balaban J connectivity index is 2.35. The molecule has 0 amide bonds. The van der Waals surface area contributed by atoms with Crippen LogP contribution >= 0.6 is 0 Å². The molecule has 0 aromatic rings. The molecule has 108 valence electrons. The SMILES string of the molecule is CC(C)CC(CC(C)C)NCC1CCCCC1O. The number of aliphatic hydroxyl groups is 1. The van der Waals surface area contributed by atoms with Crippen molar-refractivity contribution in [3.8, 4) is 0 Å². The van der Waals surface area contributed by atoms with Crippen LogP contribution in [0, 0.1) is 17.8 Å². The van der Waals surface area contributed by atoms with Gasteiger partial charge >= 0.3 is 0 Å². The van der Waals surface area contributed by atoms with E-state index in [-0.39, 0.29) is 6.10 Å². The molecule has 18 heavy (non-hydrogen) atoms. The molecule has 2 unspecified atom stereocenters. The zero-order valence-corrected chi connectivity index (χ0v) is 12.8. The summed E-state index contributed by atoms with van der Waals surface area (Å²) in [6.07, 6.45) is 7.14. The van der Waals surface area contributed by atoms with Crippen molar-refractivity contribution in [3.63, 3.8) is 0 Å². The molecule has 0 aliphatic heterocycles. The third kappa shape index (κ3) is 6.19. The molecule has 0 saturated heterocycles. The van der Waals surface area contributed by atoms with Gasteiger partial charge in [-0.25, -0.2) is 0 Å². The van der Waals surface area contributed by atoms with Crippen molar-refractivity contribution < 1.29 is 5.11 Å². The van der Waals surface area contributed by atoms with Crippen molar-refractivity contribution in [2.75, 3.05) is 6.54 Å². The van der Waals surface area contributed by atoms with Gasteiger partial charge < -0.3 is 10.4 Å². The van der Waals surface area contributed by atoms with Crippen molar-refractivity contribution in [1.82, 2.24) is 5.32 Å². The van der Waals surface area contributed by atoms with E-state index in [0.29, 0.717) is 12.0 Å². The van der Waals surface area contributed by atoms with Crippen LogP contribution in [0.3, 0.4) is 0 Å². The first-order valence-corrected chi connectivity index (χ1v) is 7.90. The summed E-state index contributed by atoms with van der Waals surface area (Å²) in [6, 6.07) is 0.624. The lowest BCUT2D eigenvalue weighted by Gasteiger charge is -2.30. The standard InChI is InChI=1S/C16H33NO/c1-12(2)9-15(10-13(3)4)17-11-14-7-5-6-8-16(14)18/h12-18H,5-11H2,1-4H3. The first kappa shape index (κ1) is 16.0. The van der Waals surface area contributed by atoms with Crippen LogP contribution in [-0.4, -0.2) is 23.8 Å². The highest BCUT2D eigenvalue weighted by molar-refractivity contribution is 4.79. The Morgan fingerprint density at radius 1 is 1.00 bits per heavy atom. The summed E-state index contributed by atoms with van der Waals surface area (Å²) >= 11 is 0. The van der Waals surface area contributed by atoms with Crippen LogP contribution in [-0.2, 0) is 0 Å². The van der Waals surface area contributed by atoms with E-state index >= 15 is 0 Å². The molecule has 2 heteroatoms. The van der Waals surface area contributed by atoms with Gasteiger partial charge in [0.2, 0.25) is 0 Å². The van der Waals surface area contributed by atoms with Crippen LogP contribution in [0.15, 0.2) is 0 Å². The molecule has 2 N–H and O–H groups in total. The van der Waals surface area contributed by atoms with Crippen LogP contribution in [0.5, 0.6) is 0 Å². The predicted octanol–water partition coefficient (Wildman–Crippen LogP) is 3.59. The van der Waals surface area contributed by atoms with Gasteiger partial charge in [0.15, 0.2) is 0 Å². The van der Waals surface area contributed by atoms with Gasteiger partial charge in [0.1, 0.15) is 0 Å². The second kappa shape index (κ2) is 8.16. The summed E-state index contributed by atoms with van der Waals surface area (Å²) in [6.45, 7) is 10.2. The molecule has 0 aromatic heterocycles. The zero-order chi connectivity index (χ0) is 13.5. The second-order valence-electron chi connectivity index (χ2n) is 6.98. The highest BCUT2D eigenvalue weighted by Gasteiger charge is 2.23. The highest BCUT2D eigenvalue weighted by atomic mass is 16.3. The maximum absolute atomic E-state index is 10.0. The Hall–Kier alpha value is -0.0800. The van der Waals surface area contributed by atoms with Gasteiger partial charge in [-0.05, 0) is 43.4 Å². The molecule has 1 saturated carbocycles. The minimum absolute atomic E-state index is 0.0648. The van der Waals surface area contributed by atoms with E-state index in [0.717, 1.165) is 24.8 Å². The molecule has 0 bridgehead atoms. The molecular weight excluding hydrogens is 222 g/mol. The largest absolute Gasteiger partial charge is 0.393 e. The Kier molecular flexibility index (Phi) is 7.25. The number of aliphatic hydroxyl groups excluding tert-OH is 1. The molecule has 1 fully saturated rings. The molecule has 0 heterocycles. The minimum Gasteiger partial charge on any atom is -0.393 e. The first-order valence-electron chi connectivity index (χ1n) is 7.90. The average Bonchev–Trinajstić information content (AvgIpc) is 2.26. The van der Waals surface area contributed by atoms with Crippen molar-refractivity contribution in [2.45, 2.75) is 78.4 Å². The van der Waals surface area contributed by atoms with Crippen LogP contribution < -0.4 is 5.32 Å².